The first-order chi connectivity index (χ1) is 9.45. The molecule has 0 saturated carbocycles. The van der Waals surface area contributed by atoms with Crippen LogP contribution in [0.5, 0.6) is 0 Å². The van der Waals surface area contributed by atoms with Crippen molar-refractivity contribution in [2.24, 2.45) is 0 Å². The number of rotatable bonds is 4. The summed E-state index contributed by atoms with van der Waals surface area (Å²) in [6.45, 7) is 7.98. The smallest absolute Gasteiger partial charge is 0.341 e. The minimum absolute atomic E-state index is 0.193. The quantitative estimate of drug-likeness (QED) is 0.917. The summed E-state index contributed by atoms with van der Waals surface area (Å²) >= 11 is 0. The Bertz CT molecular complexity index is 656. The van der Waals surface area contributed by atoms with Crippen molar-refractivity contribution in [1.82, 2.24) is 5.16 Å². The van der Waals surface area contributed by atoms with Crippen LogP contribution in [0.2, 0.25) is 0 Å². The summed E-state index contributed by atoms with van der Waals surface area (Å²) in [5.41, 5.74) is 4.76. The van der Waals surface area contributed by atoms with Crippen LogP contribution in [-0.4, -0.2) is 16.2 Å². The van der Waals surface area contributed by atoms with Crippen LogP contribution < -0.4 is 0 Å². The Morgan fingerprint density at radius 2 is 1.85 bits per heavy atom. The van der Waals surface area contributed by atoms with Crippen LogP contribution in [0.4, 0.5) is 0 Å². The minimum Gasteiger partial charge on any atom is -0.477 e. The number of aryl methyl sites for hydroxylation is 4. The third-order valence-electron chi connectivity index (χ3n) is 3.55. The molecule has 0 aliphatic carbocycles. The molecule has 0 aliphatic heterocycles. The van der Waals surface area contributed by atoms with E-state index in [2.05, 4.69) is 5.16 Å². The molecule has 0 radical (unpaired) electrons. The zero-order valence-corrected chi connectivity index (χ0v) is 12.3. The molecule has 1 aromatic heterocycles. The van der Waals surface area contributed by atoms with Crippen molar-refractivity contribution in [2.75, 3.05) is 0 Å². The highest BCUT2D eigenvalue weighted by molar-refractivity contribution is 5.96. The summed E-state index contributed by atoms with van der Waals surface area (Å²) < 4.78 is 5.25. The van der Waals surface area contributed by atoms with Gasteiger partial charge in [0.05, 0.1) is 0 Å². The predicted molar refractivity (Wildman–Crippen MR) is 77.1 cm³/mol. The van der Waals surface area contributed by atoms with Crippen molar-refractivity contribution < 1.29 is 14.4 Å². The van der Waals surface area contributed by atoms with E-state index in [1.165, 1.54) is 5.56 Å². The predicted octanol–water partition coefficient (Wildman–Crippen LogP) is 3.92. The van der Waals surface area contributed by atoms with Gasteiger partial charge in [-0.3, -0.25) is 0 Å². The van der Waals surface area contributed by atoms with Crippen LogP contribution in [0, 0.1) is 20.8 Å². The van der Waals surface area contributed by atoms with Gasteiger partial charge in [0, 0.05) is 12.0 Å². The van der Waals surface area contributed by atoms with Gasteiger partial charge in [0.2, 0.25) is 0 Å². The number of carboxylic acids is 1. The Labute approximate surface area is 118 Å². The zero-order chi connectivity index (χ0) is 14.9. The van der Waals surface area contributed by atoms with Crippen LogP contribution in [0.1, 0.15) is 46.2 Å². The van der Waals surface area contributed by atoms with E-state index in [9.17, 15) is 9.90 Å². The molecule has 1 aromatic carbocycles. The number of aromatic carboxylic acids is 1. The maximum absolute atomic E-state index is 11.5. The van der Waals surface area contributed by atoms with Gasteiger partial charge in [0.15, 0.2) is 5.76 Å². The molecule has 2 aromatic rings. The number of hydrogen-bond acceptors (Lipinski definition) is 3. The fourth-order valence-electron chi connectivity index (χ4n) is 2.34. The maximum atomic E-state index is 11.5. The van der Waals surface area contributed by atoms with Gasteiger partial charge >= 0.3 is 5.97 Å². The van der Waals surface area contributed by atoms with E-state index in [1.807, 2.05) is 39.8 Å². The molecule has 1 N–H and O–H groups in total. The minimum atomic E-state index is -0.984. The van der Waals surface area contributed by atoms with Gasteiger partial charge in [0.1, 0.15) is 11.3 Å². The van der Waals surface area contributed by atoms with Crippen LogP contribution >= 0.6 is 0 Å². The van der Waals surface area contributed by atoms with Crippen molar-refractivity contribution in [3.8, 4) is 11.3 Å². The molecule has 0 amide bonds. The van der Waals surface area contributed by atoms with Gasteiger partial charge in [0.25, 0.3) is 0 Å². The van der Waals surface area contributed by atoms with Gasteiger partial charge in [-0.1, -0.05) is 18.1 Å². The van der Waals surface area contributed by atoms with Crippen molar-refractivity contribution in [1.29, 1.82) is 0 Å². The molecule has 20 heavy (non-hydrogen) atoms. The summed E-state index contributed by atoms with van der Waals surface area (Å²) in [4.78, 5) is 11.5. The lowest BCUT2D eigenvalue weighted by Gasteiger charge is -2.08. The Morgan fingerprint density at radius 1 is 1.20 bits per heavy atom. The number of nitrogens with zero attached hydrogens (tertiary/aromatic N) is 1. The first kappa shape index (κ1) is 14.3. The lowest BCUT2D eigenvalue weighted by atomic mass is 9.96. The standard InChI is InChI=1S/C16H19NO3/c1-5-6-13-14(16(18)19)15(17-20-13)12-8-10(3)9(2)7-11(12)4/h7-8H,5-6H2,1-4H3,(H,18,19). The number of hydrogen-bond donors (Lipinski definition) is 1. The van der Waals surface area contributed by atoms with Crippen molar-refractivity contribution in [2.45, 2.75) is 40.5 Å². The summed E-state index contributed by atoms with van der Waals surface area (Å²) in [6.07, 6.45) is 1.40. The summed E-state index contributed by atoms with van der Waals surface area (Å²) in [5.74, 6) is -0.532. The second-order valence-electron chi connectivity index (χ2n) is 5.14. The van der Waals surface area contributed by atoms with E-state index in [4.69, 9.17) is 4.52 Å². The van der Waals surface area contributed by atoms with Crippen molar-refractivity contribution >= 4 is 5.97 Å². The summed E-state index contributed by atoms with van der Waals surface area (Å²) in [5, 5.41) is 13.4. The summed E-state index contributed by atoms with van der Waals surface area (Å²) in [6, 6.07) is 4.02. The zero-order valence-electron chi connectivity index (χ0n) is 12.3. The average molecular weight is 273 g/mol. The van der Waals surface area contributed by atoms with E-state index < -0.39 is 5.97 Å². The van der Waals surface area contributed by atoms with Crippen LogP contribution in [0.3, 0.4) is 0 Å². The monoisotopic (exact) mass is 273 g/mol. The largest absolute Gasteiger partial charge is 0.477 e. The molecule has 2 rings (SSSR count). The van der Waals surface area contributed by atoms with Crippen molar-refractivity contribution in [3.63, 3.8) is 0 Å². The van der Waals surface area contributed by atoms with E-state index in [0.29, 0.717) is 17.9 Å². The Morgan fingerprint density at radius 3 is 2.45 bits per heavy atom. The second-order valence-corrected chi connectivity index (χ2v) is 5.14. The number of benzene rings is 1. The van der Waals surface area contributed by atoms with E-state index in [0.717, 1.165) is 23.1 Å². The molecule has 0 aliphatic rings. The fourth-order valence-corrected chi connectivity index (χ4v) is 2.34. The third kappa shape index (κ3) is 2.46. The van der Waals surface area contributed by atoms with Gasteiger partial charge in [-0.05, 0) is 49.9 Å². The SMILES string of the molecule is CCCc1onc(-c2cc(C)c(C)cc2C)c1C(=O)O. The third-order valence-corrected chi connectivity index (χ3v) is 3.55. The maximum Gasteiger partial charge on any atom is 0.341 e. The molecule has 0 unspecified atom stereocenters. The number of aromatic nitrogens is 1. The molecule has 1 heterocycles. The molecule has 106 valence electrons. The molecular weight excluding hydrogens is 254 g/mol. The first-order valence-electron chi connectivity index (χ1n) is 6.75. The van der Waals surface area contributed by atoms with Crippen molar-refractivity contribution in [3.05, 3.63) is 40.1 Å². The normalized spacial score (nSPS) is 10.8. The van der Waals surface area contributed by atoms with E-state index >= 15 is 0 Å². The highest BCUT2D eigenvalue weighted by Crippen LogP contribution is 2.30. The average Bonchev–Trinajstić information content (AvgIpc) is 2.78. The molecular formula is C16H19NO3. The molecule has 0 saturated heterocycles. The molecule has 0 atom stereocenters. The highest BCUT2D eigenvalue weighted by Gasteiger charge is 2.24. The van der Waals surface area contributed by atoms with Crippen LogP contribution in [0.15, 0.2) is 16.7 Å². The summed E-state index contributed by atoms with van der Waals surface area (Å²) in [7, 11) is 0. The van der Waals surface area contributed by atoms with Gasteiger partial charge < -0.3 is 9.63 Å². The lowest BCUT2D eigenvalue weighted by molar-refractivity contribution is 0.0695. The number of carbonyl (C=O) groups is 1. The first-order valence-corrected chi connectivity index (χ1v) is 6.75. The topological polar surface area (TPSA) is 63.3 Å². The molecule has 0 fully saturated rings. The Hall–Kier alpha value is -2.10. The Kier molecular flexibility index (Phi) is 3.93. The molecule has 4 nitrogen and oxygen atoms in total. The molecule has 4 heteroatoms. The van der Waals surface area contributed by atoms with E-state index in [-0.39, 0.29) is 5.56 Å². The van der Waals surface area contributed by atoms with Crippen LogP contribution in [0.25, 0.3) is 11.3 Å². The fraction of sp³-hybridized carbons (Fsp3) is 0.375. The van der Waals surface area contributed by atoms with Gasteiger partial charge in [-0.15, -0.1) is 0 Å². The highest BCUT2D eigenvalue weighted by atomic mass is 16.5. The van der Waals surface area contributed by atoms with Gasteiger partial charge in [-0.2, -0.15) is 0 Å². The van der Waals surface area contributed by atoms with Crippen LogP contribution in [-0.2, 0) is 6.42 Å². The molecule has 0 spiro atoms. The van der Waals surface area contributed by atoms with Gasteiger partial charge in [-0.25, -0.2) is 4.79 Å². The van der Waals surface area contributed by atoms with E-state index in [1.54, 1.807) is 0 Å². The number of carboxylic acid groups (broad SMARTS) is 1. The Balaban J connectivity index is 2.64. The second kappa shape index (κ2) is 5.49. The lowest BCUT2D eigenvalue weighted by Crippen LogP contribution is -2.02. The molecule has 0 bridgehead atoms.